The van der Waals surface area contributed by atoms with E-state index in [1.807, 2.05) is 0 Å². The Balaban J connectivity index is 0.000000960. The minimum Gasteiger partial charge on any atom is -0.454 e. The van der Waals surface area contributed by atoms with Crippen molar-refractivity contribution in [2.45, 2.75) is 25.3 Å². The third-order valence-electron chi connectivity index (χ3n) is 4.95. The Bertz CT molecular complexity index is 537. The standard InChI is InChI=1S/C16H21BrN2O2.2ClH/c17-13-9-15-14(20-10-21-15)8-12(13)16(11-2-1-3-11)19-6-4-18-5-7-19;;/h8-9,11,16,18H,1-7,10H2;2*1H/t16-;;/m0../s1. The van der Waals surface area contributed by atoms with Gasteiger partial charge in [-0.2, -0.15) is 0 Å². The molecule has 0 spiro atoms. The Labute approximate surface area is 158 Å². The number of rotatable bonds is 3. The molecule has 1 aromatic carbocycles. The molecule has 2 aliphatic heterocycles. The average Bonchev–Trinajstić information content (AvgIpc) is 2.90. The molecule has 1 saturated carbocycles. The maximum Gasteiger partial charge on any atom is 0.231 e. The van der Waals surface area contributed by atoms with Crippen molar-refractivity contribution in [3.05, 3.63) is 22.2 Å². The van der Waals surface area contributed by atoms with Crippen LogP contribution >= 0.6 is 40.7 Å². The molecule has 1 aliphatic carbocycles. The number of benzene rings is 1. The maximum atomic E-state index is 5.59. The fourth-order valence-corrected chi connectivity index (χ4v) is 4.18. The monoisotopic (exact) mass is 424 g/mol. The third kappa shape index (κ3) is 3.74. The Morgan fingerprint density at radius 1 is 1.09 bits per heavy atom. The van der Waals surface area contributed by atoms with Crippen LogP contribution in [0.15, 0.2) is 16.6 Å². The van der Waals surface area contributed by atoms with Crippen molar-refractivity contribution < 1.29 is 9.47 Å². The number of hydrogen-bond acceptors (Lipinski definition) is 4. The van der Waals surface area contributed by atoms with E-state index in [9.17, 15) is 0 Å². The third-order valence-corrected chi connectivity index (χ3v) is 5.64. The van der Waals surface area contributed by atoms with Crippen molar-refractivity contribution in [1.29, 1.82) is 0 Å². The molecular formula is C16H23BrCl2N2O2. The number of hydrogen-bond donors (Lipinski definition) is 1. The van der Waals surface area contributed by atoms with Gasteiger partial charge in [0.1, 0.15) is 0 Å². The molecule has 1 atom stereocenters. The zero-order valence-electron chi connectivity index (χ0n) is 12.9. The highest BCUT2D eigenvalue weighted by Gasteiger charge is 2.35. The van der Waals surface area contributed by atoms with Crippen LogP contribution in [0.4, 0.5) is 0 Å². The normalized spacial score (nSPS) is 21.8. The van der Waals surface area contributed by atoms with Gasteiger partial charge in [0.25, 0.3) is 0 Å². The van der Waals surface area contributed by atoms with Gasteiger partial charge in [0.15, 0.2) is 11.5 Å². The van der Waals surface area contributed by atoms with E-state index in [1.54, 1.807) is 0 Å². The minimum absolute atomic E-state index is 0. The summed E-state index contributed by atoms with van der Waals surface area (Å²) in [5.41, 5.74) is 1.37. The van der Waals surface area contributed by atoms with Crippen LogP contribution in [-0.4, -0.2) is 37.9 Å². The van der Waals surface area contributed by atoms with Gasteiger partial charge in [0, 0.05) is 36.7 Å². The van der Waals surface area contributed by atoms with E-state index in [0.29, 0.717) is 12.8 Å². The molecule has 1 N–H and O–H groups in total. The summed E-state index contributed by atoms with van der Waals surface area (Å²) in [4.78, 5) is 2.64. The summed E-state index contributed by atoms with van der Waals surface area (Å²) >= 11 is 3.76. The first kappa shape index (κ1) is 19.1. The van der Waals surface area contributed by atoms with E-state index < -0.39 is 0 Å². The van der Waals surface area contributed by atoms with Crippen LogP contribution in [0.1, 0.15) is 30.9 Å². The Hall–Kier alpha value is -0.200. The fourth-order valence-electron chi connectivity index (χ4n) is 3.62. The van der Waals surface area contributed by atoms with Gasteiger partial charge < -0.3 is 14.8 Å². The highest BCUT2D eigenvalue weighted by atomic mass is 79.9. The van der Waals surface area contributed by atoms with Gasteiger partial charge in [-0.05, 0) is 36.5 Å². The predicted molar refractivity (Wildman–Crippen MR) is 99.3 cm³/mol. The molecule has 0 radical (unpaired) electrons. The summed E-state index contributed by atoms with van der Waals surface area (Å²) in [6.07, 6.45) is 4.06. The van der Waals surface area contributed by atoms with E-state index in [0.717, 1.165) is 48.1 Å². The second-order valence-corrected chi connectivity index (χ2v) is 7.00. The Kier molecular flexibility index (Phi) is 6.87. The summed E-state index contributed by atoms with van der Waals surface area (Å²) in [6, 6.07) is 4.77. The minimum atomic E-state index is 0. The molecule has 2 heterocycles. The second-order valence-electron chi connectivity index (χ2n) is 6.15. The fraction of sp³-hybridized carbons (Fsp3) is 0.625. The lowest BCUT2D eigenvalue weighted by atomic mass is 9.76. The summed E-state index contributed by atoms with van der Waals surface area (Å²) in [7, 11) is 0. The van der Waals surface area contributed by atoms with Gasteiger partial charge in [-0.3, -0.25) is 4.90 Å². The van der Waals surface area contributed by atoms with E-state index in [1.165, 1.54) is 24.8 Å². The molecule has 4 nitrogen and oxygen atoms in total. The van der Waals surface area contributed by atoms with Gasteiger partial charge in [-0.25, -0.2) is 0 Å². The summed E-state index contributed by atoms with van der Waals surface area (Å²) in [6.45, 7) is 4.77. The molecule has 0 aromatic heterocycles. The lowest BCUT2D eigenvalue weighted by Crippen LogP contribution is -2.47. The molecule has 1 saturated heterocycles. The molecule has 1 aromatic rings. The quantitative estimate of drug-likeness (QED) is 0.799. The first-order chi connectivity index (χ1) is 10.3. The van der Waals surface area contributed by atoms with Crippen molar-refractivity contribution in [3.63, 3.8) is 0 Å². The number of nitrogens with zero attached hydrogens (tertiary/aromatic N) is 1. The molecule has 4 rings (SSSR count). The lowest BCUT2D eigenvalue weighted by molar-refractivity contribution is 0.0831. The molecule has 0 unspecified atom stereocenters. The van der Waals surface area contributed by atoms with E-state index >= 15 is 0 Å². The molecule has 0 amide bonds. The van der Waals surface area contributed by atoms with Gasteiger partial charge >= 0.3 is 0 Å². The van der Waals surface area contributed by atoms with Crippen molar-refractivity contribution in [3.8, 4) is 11.5 Å². The smallest absolute Gasteiger partial charge is 0.231 e. The predicted octanol–water partition coefficient (Wildman–Crippen LogP) is 3.77. The second kappa shape index (κ2) is 8.26. The number of nitrogens with one attached hydrogen (secondary N) is 1. The Morgan fingerprint density at radius 3 is 2.35 bits per heavy atom. The average molecular weight is 426 g/mol. The molecule has 2 fully saturated rings. The molecule has 0 bridgehead atoms. The lowest BCUT2D eigenvalue weighted by Gasteiger charge is -2.43. The highest BCUT2D eigenvalue weighted by Crippen LogP contribution is 2.47. The van der Waals surface area contributed by atoms with Crippen molar-refractivity contribution in [1.82, 2.24) is 10.2 Å². The largest absolute Gasteiger partial charge is 0.454 e. The molecular weight excluding hydrogens is 403 g/mol. The SMILES string of the molecule is Brc1cc2c(cc1[C@H](C1CCC1)N1CCNCC1)OCO2.Cl.Cl. The van der Waals surface area contributed by atoms with Gasteiger partial charge in [-0.1, -0.05) is 22.4 Å². The summed E-state index contributed by atoms with van der Waals surface area (Å²) < 4.78 is 12.2. The maximum absolute atomic E-state index is 5.59. The molecule has 7 heteroatoms. The summed E-state index contributed by atoms with van der Waals surface area (Å²) in [5.74, 6) is 2.53. The first-order valence-electron chi connectivity index (χ1n) is 7.87. The number of fused-ring (bicyclic) bond motifs is 1. The van der Waals surface area contributed by atoms with Crippen LogP contribution in [0.2, 0.25) is 0 Å². The number of piperazine rings is 1. The van der Waals surface area contributed by atoms with Crippen molar-refractivity contribution >= 4 is 40.7 Å². The van der Waals surface area contributed by atoms with E-state index in [2.05, 4.69) is 38.3 Å². The summed E-state index contributed by atoms with van der Waals surface area (Å²) in [5, 5.41) is 3.45. The van der Waals surface area contributed by atoms with Crippen LogP contribution in [0.5, 0.6) is 11.5 Å². The zero-order valence-corrected chi connectivity index (χ0v) is 16.1. The number of halogens is 3. The molecule has 23 heavy (non-hydrogen) atoms. The van der Waals surface area contributed by atoms with E-state index in [4.69, 9.17) is 9.47 Å². The van der Waals surface area contributed by atoms with Crippen molar-refractivity contribution in [2.24, 2.45) is 5.92 Å². The van der Waals surface area contributed by atoms with Crippen molar-refractivity contribution in [2.75, 3.05) is 33.0 Å². The first-order valence-corrected chi connectivity index (χ1v) is 8.66. The van der Waals surface area contributed by atoms with Gasteiger partial charge in [0.05, 0.1) is 0 Å². The van der Waals surface area contributed by atoms with Crippen LogP contribution in [0, 0.1) is 5.92 Å². The molecule has 3 aliphatic rings. The van der Waals surface area contributed by atoms with Gasteiger partial charge in [-0.15, -0.1) is 24.8 Å². The zero-order chi connectivity index (χ0) is 14.2. The van der Waals surface area contributed by atoms with Crippen LogP contribution in [0.25, 0.3) is 0 Å². The molecule has 130 valence electrons. The van der Waals surface area contributed by atoms with E-state index in [-0.39, 0.29) is 24.8 Å². The highest BCUT2D eigenvalue weighted by molar-refractivity contribution is 9.10. The van der Waals surface area contributed by atoms with Crippen LogP contribution < -0.4 is 14.8 Å². The van der Waals surface area contributed by atoms with Crippen LogP contribution in [0.3, 0.4) is 0 Å². The van der Waals surface area contributed by atoms with Gasteiger partial charge in [0.2, 0.25) is 6.79 Å². The number of ether oxygens (including phenoxy) is 2. The van der Waals surface area contributed by atoms with Crippen LogP contribution in [-0.2, 0) is 0 Å². The Morgan fingerprint density at radius 2 is 1.74 bits per heavy atom. The topological polar surface area (TPSA) is 33.7 Å².